The van der Waals surface area contributed by atoms with Crippen LogP contribution in [0.15, 0.2) is 24.3 Å². The number of anilines is 1. The molecule has 0 bridgehead atoms. The molecular weight excluding hydrogens is 319 g/mol. The highest BCUT2D eigenvalue weighted by molar-refractivity contribution is 5.94. The standard InChI is InChI=1S/C17H26F3N3O/c1-4-23(5-2)15-9-7-14(8-10-15)16(24)21-11-6-12-22(3)13-17(18,19)20/h7-10H,4-6,11-13H2,1-3H3,(H,21,24). The number of nitrogens with one attached hydrogen (secondary N) is 1. The number of carbonyl (C=O) groups is 1. The number of amides is 1. The summed E-state index contributed by atoms with van der Waals surface area (Å²) in [5.74, 6) is -0.209. The highest BCUT2D eigenvalue weighted by Gasteiger charge is 2.28. The van der Waals surface area contributed by atoms with Gasteiger partial charge >= 0.3 is 6.18 Å². The Morgan fingerprint density at radius 3 is 2.21 bits per heavy atom. The van der Waals surface area contributed by atoms with Gasteiger partial charge in [-0.2, -0.15) is 13.2 Å². The van der Waals surface area contributed by atoms with Crippen LogP contribution < -0.4 is 10.2 Å². The van der Waals surface area contributed by atoms with E-state index in [1.807, 2.05) is 12.1 Å². The van der Waals surface area contributed by atoms with Crippen molar-refractivity contribution in [2.45, 2.75) is 26.4 Å². The van der Waals surface area contributed by atoms with Crippen LogP contribution in [0.5, 0.6) is 0 Å². The van der Waals surface area contributed by atoms with Gasteiger partial charge in [-0.15, -0.1) is 0 Å². The average Bonchev–Trinajstić information content (AvgIpc) is 2.51. The Morgan fingerprint density at radius 2 is 1.71 bits per heavy atom. The van der Waals surface area contributed by atoms with Crippen molar-refractivity contribution in [3.8, 4) is 0 Å². The number of hydrogen-bond acceptors (Lipinski definition) is 3. The van der Waals surface area contributed by atoms with Gasteiger partial charge in [-0.05, 0) is 58.1 Å². The van der Waals surface area contributed by atoms with Crippen LogP contribution in [-0.2, 0) is 0 Å². The van der Waals surface area contributed by atoms with E-state index in [1.54, 1.807) is 12.1 Å². The minimum absolute atomic E-state index is 0.209. The van der Waals surface area contributed by atoms with Crippen LogP contribution in [0.3, 0.4) is 0 Å². The van der Waals surface area contributed by atoms with Gasteiger partial charge in [0.2, 0.25) is 0 Å². The summed E-state index contributed by atoms with van der Waals surface area (Å²) in [6.45, 7) is 5.62. The first kappa shape index (κ1) is 20.3. The summed E-state index contributed by atoms with van der Waals surface area (Å²) in [4.78, 5) is 15.4. The van der Waals surface area contributed by atoms with Gasteiger partial charge in [-0.1, -0.05) is 0 Å². The molecule has 24 heavy (non-hydrogen) atoms. The fourth-order valence-corrected chi connectivity index (χ4v) is 2.45. The molecule has 0 saturated carbocycles. The summed E-state index contributed by atoms with van der Waals surface area (Å²) in [5, 5.41) is 2.73. The molecule has 0 aliphatic heterocycles. The largest absolute Gasteiger partial charge is 0.401 e. The number of rotatable bonds is 9. The molecule has 4 nitrogen and oxygen atoms in total. The van der Waals surface area contributed by atoms with Crippen LogP contribution in [0, 0.1) is 0 Å². The van der Waals surface area contributed by atoms with E-state index in [0.717, 1.165) is 18.8 Å². The normalized spacial score (nSPS) is 11.6. The second-order valence-corrected chi connectivity index (χ2v) is 5.68. The van der Waals surface area contributed by atoms with E-state index in [1.165, 1.54) is 11.9 Å². The lowest BCUT2D eigenvalue weighted by Crippen LogP contribution is -2.33. The Labute approximate surface area is 141 Å². The van der Waals surface area contributed by atoms with Crippen molar-refractivity contribution in [3.05, 3.63) is 29.8 Å². The van der Waals surface area contributed by atoms with Gasteiger partial charge in [0.05, 0.1) is 6.54 Å². The second-order valence-electron chi connectivity index (χ2n) is 5.68. The molecule has 1 aromatic carbocycles. The van der Waals surface area contributed by atoms with Crippen molar-refractivity contribution in [2.75, 3.05) is 44.7 Å². The molecule has 0 radical (unpaired) electrons. The molecule has 1 N–H and O–H groups in total. The van der Waals surface area contributed by atoms with Gasteiger partial charge in [-0.3, -0.25) is 9.69 Å². The maximum absolute atomic E-state index is 12.2. The van der Waals surface area contributed by atoms with Crippen LogP contribution in [0.1, 0.15) is 30.6 Å². The molecular formula is C17H26F3N3O. The maximum atomic E-state index is 12.2. The number of alkyl halides is 3. The molecule has 1 amide bonds. The summed E-state index contributed by atoms with van der Waals surface area (Å²) >= 11 is 0. The first-order valence-electron chi connectivity index (χ1n) is 8.15. The Kier molecular flexibility index (Phi) is 8.04. The van der Waals surface area contributed by atoms with E-state index >= 15 is 0 Å². The second kappa shape index (κ2) is 9.52. The van der Waals surface area contributed by atoms with E-state index in [9.17, 15) is 18.0 Å². The van der Waals surface area contributed by atoms with E-state index in [0.29, 0.717) is 18.5 Å². The minimum atomic E-state index is -4.19. The van der Waals surface area contributed by atoms with Crippen LogP contribution >= 0.6 is 0 Å². The molecule has 0 aliphatic rings. The molecule has 0 aromatic heterocycles. The Hall–Kier alpha value is -1.76. The number of benzene rings is 1. The van der Waals surface area contributed by atoms with Crippen molar-refractivity contribution in [1.82, 2.24) is 10.2 Å². The molecule has 1 rings (SSSR count). The van der Waals surface area contributed by atoms with E-state index in [4.69, 9.17) is 0 Å². The lowest BCUT2D eigenvalue weighted by Gasteiger charge is -2.21. The smallest absolute Gasteiger partial charge is 0.372 e. The van der Waals surface area contributed by atoms with Crippen molar-refractivity contribution in [1.29, 1.82) is 0 Å². The topological polar surface area (TPSA) is 35.6 Å². The van der Waals surface area contributed by atoms with Gasteiger partial charge in [0.1, 0.15) is 0 Å². The Morgan fingerprint density at radius 1 is 1.12 bits per heavy atom. The van der Waals surface area contributed by atoms with E-state index in [-0.39, 0.29) is 12.5 Å². The minimum Gasteiger partial charge on any atom is -0.372 e. The van der Waals surface area contributed by atoms with Crippen molar-refractivity contribution < 1.29 is 18.0 Å². The van der Waals surface area contributed by atoms with Crippen LogP contribution in [0.2, 0.25) is 0 Å². The Bertz CT molecular complexity index is 499. The lowest BCUT2D eigenvalue weighted by molar-refractivity contribution is -0.143. The molecule has 0 atom stereocenters. The molecule has 0 heterocycles. The van der Waals surface area contributed by atoms with Crippen LogP contribution in [0.4, 0.5) is 18.9 Å². The molecule has 0 unspecified atom stereocenters. The molecule has 0 aliphatic carbocycles. The third-order valence-electron chi connectivity index (χ3n) is 3.71. The fraction of sp³-hybridized carbons (Fsp3) is 0.588. The molecule has 136 valence electrons. The SMILES string of the molecule is CCN(CC)c1ccc(C(=O)NCCCN(C)CC(F)(F)F)cc1. The summed E-state index contributed by atoms with van der Waals surface area (Å²) in [7, 11) is 1.42. The zero-order chi connectivity index (χ0) is 18.2. The third-order valence-corrected chi connectivity index (χ3v) is 3.71. The highest BCUT2D eigenvalue weighted by Crippen LogP contribution is 2.16. The average molecular weight is 345 g/mol. The predicted octanol–water partition coefficient (Wildman–Crippen LogP) is 3.15. The summed E-state index contributed by atoms with van der Waals surface area (Å²) in [6, 6.07) is 7.33. The number of nitrogens with zero attached hydrogens (tertiary/aromatic N) is 2. The highest BCUT2D eigenvalue weighted by atomic mass is 19.4. The summed E-state index contributed by atoms with van der Waals surface area (Å²) in [6.07, 6.45) is -3.72. The molecule has 1 aromatic rings. The number of hydrogen-bond donors (Lipinski definition) is 1. The molecule has 0 spiro atoms. The molecule has 0 saturated heterocycles. The lowest BCUT2D eigenvalue weighted by atomic mass is 10.2. The zero-order valence-corrected chi connectivity index (χ0v) is 14.5. The monoisotopic (exact) mass is 345 g/mol. The van der Waals surface area contributed by atoms with Gasteiger partial charge < -0.3 is 10.2 Å². The molecule has 7 heteroatoms. The first-order chi connectivity index (χ1) is 11.3. The van der Waals surface area contributed by atoms with Gasteiger partial charge in [-0.25, -0.2) is 0 Å². The van der Waals surface area contributed by atoms with E-state index < -0.39 is 12.7 Å². The molecule has 0 fully saturated rings. The van der Waals surface area contributed by atoms with Crippen molar-refractivity contribution in [3.63, 3.8) is 0 Å². The van der Waals surface area contributed by atoms with Gasteiger partial charge in [0.15, 0.2) is 0 Å². The first-order valence-corrected chi connectivity index (χ1v) is 8.15. The predicted molar refractivity (Wildman–Crippen MR) is 90.5 cm³/mol. The zero-order valence-electron chi connectivity index (χ0n) is 14.5. The Balaban J connectivity index is 2.38. The van der Waals surface area contributed by atoms with E-state index in [2.05, 4.69) is 24.1 Å². The number of carbonyl (C=O) groups excluding carboxylic acids is 1. The van der Waals surface area contributed by atoms with Gasteiger partial charge in [0, 0.05) is 30.9 Å². The number of halogens is 3. The fourth-order valence-electron chi connectivity index (χ4n) is 2.45. The summed E-state index contributed by atoms with van der Waals surface area (Å²) < 4.78 is 36.6. The van der Waals surface area contributed by atoms with Crippen LogP contribution in [0.25, 0.3) is 0 Å². The van der Waals surface area contributed by atoms with Gasteiger partial charge in [0.25, 0.3) is 5.91 Å². The maximum Gasteiger partial charge on any atom is 0.401 e. The quantitative estimate of drug-likeness (QED) is 0.699. The van der Waals surface area contributed by atoms with Crippen LogP contribution in [-0.4, -0.2) is 56.8 Å². The van der Waals surface area contributed by atoms with Crippen molar-refractivity contribution in [2.24, 2.45) is 0 Å². The summed E-state index contributed by atoms with van der Waals surface area (Å²) in [5.41, 5.74) is 1.61. The third kappa shape index (κ3) is 7.21. The van der Waals surface area contributed by atoms with Crippen molar-refractivity contribution >= 4 is 11.6 Å².